The van der Waals surface area contributed by atoms with E-state index in [1.165, 1.54) is 0 Å². The molecular formula is C20H23N3O4. The summed E-state index contributed by atoms with van der Waals surface area (Å²) in [6.45, 7) is 3.21. The Morgan fingerprint density at radius 2 is 1.89 bits per heavy atom. The van der Waals surface area contributed by atoms with E-state index in [9.17, 15) is 5.11 Å². The first-order chi connectivity index (χ1) is 13.2. The number of aliphatic hydroxyl groups excluding tert-OH is 1. The van der Waals surface area contributed by atoms with Crippen LogP contribution in [0.5, 0.6) is 11.5 Å². The number of aliphatic hydroxyl groups is 1. The Bertz CT molecular complexity index is 848. The van der Waals surface area contributed by atoms with Crippen molar-refractivity contribution in [2.45, 2.75) is 20.1 Å². The zero-order valence-electron chi connectivity index (χ0n) is 15.5. The lowest BCUT2D eigenvalue weighted by atomic mass is 10.1. The minimum absolute atomic E-state index is 0.0589. The molecule has 142 valence electrons. The van der Waals surface area contributed by atoms with Crippen molar-refractivity contribution in [2.75, 3.05) is 25.2 Å². The summed E-state index contributed by atoms with van der Waals surface area (Å²) >= 11 is 0. The number of hydrogen-bond donors (Lipinski definition) is 1. The molecule has 3 aromatic rings. The maximum absolute atomic E-state index is 9.44. The van der Waals surface area contributed by atoms with Crippen molar-refractivity contribution in [1.82, 2.24) is 10.1 Å². The van der Waals surface area contributed by atoms with Crippen LogP contribution in [-0.4, -0.2) is 35.5 Å². The molecule has 2 aromatic carbocycles. The van der Waals surface area contributed by atoms with Gasteiger partial charge in [-0.25, -0.2) is 0 Å². The topological polar surface area (TPSA) is 80.9 Å². The molecule has 0 fully saturated rings. The highest BCUT2D eigenvalue weighted by molar-refractivity contribution is 5.58. The van der Waals surface area contributed by atoms with E-state index >= 15 is 0 Å². The largest absolute Gasteiger partial charge is 0.495 e. The monoisotopic (exact) mass is 369 g/mol. The van der Waals surface area contributed by atoms with E-state index in [-0.39, 0.29) is 13.2 Å². The summed E-state index contributed by atoms with van der Waals surface area (Å²) in [4.78, 5) is 6.19. The molecule has 0 aliphatic rings. The van der Waals surface area contributed by atoms with Gasteiger partial charge in [0.25, 0.3) is 0 Å². The zero-order valence-corrected chi connectivity index (χ0v) is 15.5. The van der Waals surface area contributed by atoms with Gasteiger partial charge in [0, 0.05) is 20.0 Å². The van der Waals surface area contributed by atoms with E-state index < -0.39 is 0 Å². The third kappa shape index (κ3) is 4.98. The van der Waals surface area contributed by atoms with Crippen molar-refractivity contribution in [1.29, 1.82) is 0 Å². The average molecular weight is 369 g/mol. The van der Waals surface area contributed by atoms with Crippen LogP contribution < -0.4 is 14.4 Å². The Morgan fingerprint density at radius 3 is 2.56 bits per heavy atom. The number of rotatable bonds is 9. The van der Waals surface area contributed by atoms with Gasteiger partial charge in [0.2, 0.25) is 11.7 Å². The number of benzene rings is 2. The molecule has 1 heterocycles. The van der Waals surface area contributed by atoms with Crippen LogP contribution in [0.3, 0.4) is 0 Å². The number of para-hydroxylation sites is 2. The molecule has 3 rings (SSSR count). The Morgan fingerprint density at radius 1 is 1.11 bits per heavy atom. The standard InChI is InChI=1S/C20H23N3O4/c1-15-21-20(22-27-15)14-26-17-9-7-16(8-10-17)13-23(11-12-24)18-5-3-4-6-19(18)25-2/h3-10,24H,11-14H2,1-2H3. The third-order valence-corrected chi connectivity index (χ3v) is 4.03. The molecule has 0 unspecified atom stereocenters. The van der Waals surface area contributed by atoms with Gasteiger partial charge in [-0.15, -0.1) is 0 Å². The predicted octanol–water partition coefficient (Wildman–Crippen LogP) is 2.96. The van der Waals surface area contributed by atoms with Crippen LogP contribution in [0.15, 0.2) is 53.1 Å². The average Bonchev–Trinajstić information content (AvgIpc) is 3.12. The van der Waals surface area contributed by atoms with Gasteiger partial charge >= 0.3 is 0 Å². The van der Waals surface area contributed by atoms with Crippen LogP contribution >= 0.6 is 0 Å². The fourth-order valence-electron chi connectivity index (χ4n) is 2.76. The molecule has 1 aromatic heterocycles. The fourth-order valence-corrected chi connectivity index (χ4v) is 2.76. The summed E-state index contributed by atoms with van der Waals surface area (Å²) < 4.78 is 16.0. The SMILES string of the molecule is COc1ccccc1N(CCO)Cc1ccc(OCc2noc(C)n2)cc1. The summed E-state index contributed by atoms with van der Waals surface area (Å²) in [5.41, 5.74) is 2.04. The van der Waals surface area contributed by atoms with Crippen molar-refractivity contribution in [3.63, 3.8) is 0 Å². The first-order valence-corrected chi connectivity index (χ1v) is 8.69. The maximum Gasteiger partial charge on any atom is 0.223 e. The molecule has 1 N–H and O–H groups in total. The summed E-state index contributed by atoms with van der Waals surface area (Å²) in [6.07, 6.45) is 0. The Balaban J connectivity index is 1.66. The summed E-state index contributed by atoms with van der Waals surface area (Å²) in [7, 11) is 1.65. The van der Waals surface area contributed by atoms with E-state index in [1.54, 1.807) is 14.0 Å². The molecule has 27 heavy (non-hydrogen) atoms. The number of methoxy groups -OCH3 is 1. The van der Waals surface area contributed by atoms with Crippen LogP contribution in [-0.2, 0) is 13.2 Å². The van der Waals surface area contributed by atoms with E-state index in [0.29, 0.717) is 24.8 Å². The second-order valence-corrected chi connectivity index (χ2v) is 5.98. The number of ether oxygens (including phenoxy) is 2. The minimum Gasteiger partial charge on any atom is -0.495 e. The van der Waals surface area contributed by atoms with E-state index in [4.69, 9.17) is 14.0 Å². The Labute approximate surface area is 158 Å². The predicted molar refractivity (Wildman–Crippen MR) is 101 cm³/mol. The second kappa shape index (κ2) is 9.05. The molecule has 0 aliphatic carbocycles. The summed E-state index contributed by atoms with van der Waals surface area (Å²) in [5, 5.41) is 13.2. The molecule has 7 nitrogen and oxygen atoms in total. The van der Waals surface area contributed by atoms with Crippen LogP contribution in [0.25, 0.3) is 0 Å². The van der Waals surface area contributed by atoms with Gasteiger partial charge in [0.15, 0.2) is 6.61 Å². The van der Waals surface area contributed by atoms with Gasteiger partial charge < -0.3 is 24.0 Å². The number of nitrogens with zero attached hydrogens (tertiary/aromatic N) is 3. The van der Waals surface area contributed by atoms with Crippen LogP contribution in [0.4, 0.5) is 5.69 Å². The van der Waals surface area contributed by atoms with Crippen LogP contribution in [0.1, 0.15) is 17.3 Å². The lowest BCUT2D eigenvalue weighted by Crippen LogP contribution is -2.26. The molecule has 0 radical (unpaired) electrons. The summed E-state index contributed by atoms with van der Waals surface area (Å²) in [5.74, 6) is 2.54. The molecule has 0 atom stereocenters. The molecule has 0 amide bonds. The van der Waals surface area contributed by atoms with E-state index in [1.807, 2.05) is 48.5 Å². The third-order valence-electron chi connectivity index (χ3n) is 4.03. The first kappa shape index (κ1) is 18.7. The molecule has 0 saturated heterocycles. The summed E-state index contributed by atoms with van der Waals surface area (Å²) in [6, 6.07) is 15.6. The maximum atomic E-state index is 9.44. The number of anilines is 1. The highest BCUT2D eigenvalue weighted by Gasteiger charge is 2.12. The molecule has 0 spiro atoms. The molecular weight excluding hydrogens is 346 g/mol. The lowest BCUT2D eigenvalue weighted by molar-refractivity contribution is 0.285. The Kier molecular flexibility index (Phi) is 6.27. The van der Waals surface area contributed by atoms with Gasteiger partial charge in [0.1, 0.15) is 11.5 Å². The normalized spacial score (nSPS) is 10.6. The molecule has 0 bridgehead atoms. The molecule has 7 heteroatoms. The van der Waals surface area contributed by atoms with Gasteiger partial charge in [0.05, 0.1) is 19.4 Å². The van der Waals surface area contributed by atoms with Crippen molar-refractivity contribution >= 4 is 5.69 Å². The number of aromatic nitrogens is 2. The van der Waals surface area contributed by atoms with Gasteiger partial charge in [-0.05, 0) is 29.8 Å². The van der Waals surface area contributed by atoms with Crippen molar-refractivity contribution < 1.29 is 19.1 Å². The fraction of sp³-hybridized carbons (Fsp3) is 0.300. The van der Waals surface area contributed by atoms with E-state index in [0.717, 1.165) is 22.7 Å². The van der Waals surface area contributed by atoms with Crippen molar-refractivity contribution in [2.24, 2.45) is 0 Å². The highest BCUT2D eigenvalue weighted by Crippen LogP contribution is 2.29. The highest BCUT2D eigenvalue weighted by atomic mass is 16.5. The van der Waals surface area contributed by atoms with Gasteiger partial charge in [-0.3, -0.25) is 0 Å². The quantitative estimate of drug-likeness (QED) is 0.621. The molecule has 0 aliphatic heterocycles. The van der Waals surface area contributed by atoms with Crippen molar-refractivity contribution in [3.8, 4) is 11.5 Å². The lowest BCUT2D eigenvalue weighted by Gasteiger charge is -2.26. The van der Waals surface area contributed by atoms with E-state index in [2.05, 4.69) is 15.0 Å². The first-order valence-electron chi connectivity index (χ1n) is 8.69. The second-order valence-electron chi connectivity index (χ2n) is 5.98. The molecule has 0 saturated carbocycles. The van der Waals surface area contributed by atoms with Crippen LogP contribution in [0, 0.1) is 6.92 Å². The minimum atomic E-state index is 0.0589. The smallest absolute Gasteiger partial charge is 0.223 e. The Hall–Kier alpha value is -3.06. The van der Waals surface area contributed by atoms with Crippen molar-refractivity contribution in [3.05, 3.63) is 65.8 Å². The number of aryl methyl sites for hydroxylation is 1. The van der Waals surface area contributed by atoms with Gasteiger partial charge in [-0.1, -0.05) is 29.4 Å². The van der Waals surface area contributed by atoms with Gasteiger partial charge in [-0.2, -0.15) is 4.98 Å². The number of hydrogen-bond acceptors (Lipinski definition) is 7. The van der Waals surface area contributed by atoms with Crippen LogP contribution in [0.2, 0.25) is 0 Å². The zero-order chi connectivity index (χ0) is 19.1.